The van der Waals surface area contributed by atoms with Gasteiger partial charge in [-0.15, -0.1) is 0 Å². The summed E-state index contributed by atoms with van der Waals surface area (Å²) in [6.45, 7) is 2.11. The van der Waals surface area contributed by atoms with Crippen LogP contribution in [-0.2, 0) is 19.6 Å². The number of hydrogen-bond acceptors (Lipinski definition) is 4. The van der Waals surface area contributed by atoms with Crippen molar-refractivity contribution in [1.29, 1.82) is 0 Å². The van der Waals surface area contributed by atoms with Crippen molar-refractivity contribution in [3.05, 3.63) is 83.6 Å². The van der Waals surface area contributed by atoms with Gasteiger partial charge in [0, 0.05) is 35.5 Å². The monoisotopic (exact) mass is 414 g/mol. The van der Waals surface area contributed by atoms with Gasteiger partial charge in [-0.2, -0.15) is 4.57 Å². The summed E-state index contributed by atoms with van der Waals surface area (Å²) in [7, 11) is 4.46. The first-order chi connectivity index (χ1) is 15.0. The predicted molar refractivity (Wildman–Crippen MR) is 127 cm³/mol. The van der Waals surface area contributed by atoms with Crippen molar-refractivity contribution in [2.45, 2.75) is 19.6 Å². The second kappa shape index (κ2) is 9.16. The van der Waals surface area contributed by atoms with Gasteiger partial charge in [-0.3, -0.25) is 0 Å². The Kier molecular flexibility index (Phi) is 6.34. The van der Waals surface area contributed by atoms with Crippen molar-refractivity contribution in [3.8, 4) is 0 Å². The first-order valence-electron chi connectivity index (χ1n) is 10.6. The zero-order valence-corrected chi connectivity index (χ0v) is 18.3. The molecule has 0 spiro atoms. The molecule has 0 fully saturated rings. The first-order valence-corrected chi connectivity index (χ1v) is 10.6. The quantitative estimate of drug-likeness (QED) is 0.245. The summed E-state index contributed by atoms with van der Waals surface area (Å²) in [6, 6.07) is 20.8. The van der Waals surface area contributed by atoms with Gasteiger partial charge in [-0.25, -0.2) is 0 Å². The Morgan fingerprint density at radius 1 is 0.968 bits per heavy atom. The lowest BCUT2D eigenvalue weighted by Gasteiger charge is -2.17. The number of fused-ring (bicyclic) bond motifs is 3. The van der Waals surface area contributed by atoms with Gasteiger partial charge in [-0.1, -0.05) is 42.5 Å². The van der Waals surface area contributed by atoms with Crippen molar-refractivity contribution in [1.82, 2.24) is 10.2 Å². The van der Waals surface area contributed by atoms with Gasteiger partial charge >= 0.3 is 7.12 Å². The van der Waals surface area contributed by atoms with Crippen LogP contribution in [0.3, 0.4) is 0 Å². The molecule has 4 aromatic rings. The summed E-state index contributed by atoms with van der Waals surface area (Å²) < 4.78 is 2.27. The molecule has 3 aromatic carbocycles. The highest BCUT2D eigenvalue weighted by molar-refractivity contribution is 6.59. The highest BCUT2D eigenvalue weighted by Gasteiger charge is 2.22. The number of nitrogens with one attached hydrogen (secondary N) is 1. The van der Waals surface area contributed by atoms with E-state index in [-0.39, 0.29) is 0 Å². The van der Waals surface area contributed by atoms with Crippen LogP contribution in [0.5, 0.6) is 0 Å². The Bertz CT molecular complexity index is 1220. The van der Waals surface area contributed by atoms with E-state index in [0.29, 0.717) is 18.6 Å². The molecule has 3 N–H and O–H groups in total. The van der Waals surface area contributed by atoms with E-state index < -0.39 is 7.12 Å². The van der Waals surface area contributed by atoms with Gasteiger partial charge in [0.05, 0.1) is 5.39 Å². The molecule has 31 heavy (non-hydrogen) atoms. The summed E-state index contributed by atoms with van der Waals surface area (Å²) in [5, 5.41) is 26.7. The third-order valence-electron chi connectivity index (χ3n) is 5.70. The zero-order valence-electron chi connectivity index (χ0n) is 18.3. The molecule has 4 rings (SSSR count). The minimum atomic E-state index is -1.49. The van der Waals surface area contributed by atoms with Gasteiger partial charge in [0.15, 0.2) is 12.7 Å². The SMILES string of the molecule is CNCc1ccc2c(c1)c1ccccc1c[n+]2Cc1cccc(B(O)O)c1CN(C)C. The first kappa shape index (κ1) is 21.5. The summed E-state index contributed by atoms with van der Waals surface area (Å²) >= 11 is 0. The van der Waals surface area contributed by atoms with E-state index in [0.717, 1.165) is 23.2 Å². The van der Waals surface area contributed by atoms with E-state index >= 15 is 0 Å². The molecule has 0 aliphatic rings. The lowest BCUT2D eigenvalue weighted by atomic mass is 9.75. The summed E-state index contributed by atoms with van der Waals surface area (Å²) in [4.78, 5) is 2.05. The lowest BCUT2D eigenvalue weighted by Crippen LogP contribution is -2.39. The van der Waals surface area contributed by atoms with Crippen molar-refractivity contribution in [3.63, 3.8) is 0 Å². The molecule has 0 radical (unpaired) electrons. The van der Waals surface area contributed by atoms with Gasteiger partial charge in [0.2, 0.25) is 5.52 Å². The van der Waals surface area contributed by atoms with E-state index in [9.17, 15) is 10.0 Å². The summed E-state index contributed by atoms with van der Waals surface area (Å²) in [5.74, 6) is 0. The Morgan fingerprint density at radius 3 is 2.52 bits per heavy atom. The third-order valence-corrected chi connectivity index (χ3v) is 5.70. The lowest BCUT2D eigenvalue weighted by molar-refractivity contribution is -0.661. The van der Waals surface area contributed by atoms with Crippen LogP contribution in [0, 0.1) is 0 Å². The molecule has 0 aliphatic carbocycles. The number of pyridine rings is 1. The minimum Gasteiger partial charge on any atom is -0.423 e. The number of hydrogen-bond donors (Lipinski definition) is 3. The highest BCUT2D eigenvalue weighted by Crippen LogP contribution is 2.24. The molecule has 0 saturated carbocycles. The number of benzene rings is 3. The van der Waals surface area contributed by atoms with Crippen LogP contribution in [-0.4, -0.2) is 43.2 Å². The van der Waals surface area contributed by atoms with E-state index in [1.165, 1.54) is 21.7 Å². The van der Waals surface area contributed by atoms with Crippen molar-refractivity contribution >= 4 is 34.3 Å². The van der Waals surface area contributed by atoms with E-state index in [1.807, 2.05) is 27.2 Å². The zero-order chi connectivity index (χ0) is 22.0. The van der Waals surface area contributed by atoms with Crippen LogP contribution in [0.15, 0.2) is 66.9 Å². The van der Waals surface area contributed by atoms with Gasteiger partial charge in [0.1, 0.15) is 0 Å². The normalized spacial score (nSPS) is 11.5. The topological polar surface area (TPSA) is 59.6 Å². The van der Waals surface area contributed by atoms with Crippen LogP contribution in [0.25, 0.3) is 21.7 Å². The van der Waals surface area contributed by atoms with Crippen LogP contribution in [0.1, 0.15) is 16.7 Å². The van der Waals surface area contributed by atoms with Crippen molar-refractivity contribution in [2.24, 2.45) is 0 Å². The predicted octanol–water partition coefficient (Wildman–Crippen LogP) is 1.79. The Balaban J connectivity index is 1.90. The van der Waals surface area contributed by atoms with Gasteiger partial charge in [-0.05, 0) is 49.9 Å². The molecule has 0 unspecified atom stereocenters. The van der Waals surface area contributed by atoms with Crippen LogP contribution >= 0.6 is 0 Å². The third kappa shape index (κ3) is 4.48. The molecule has 158 valence electrons. The average Bonchev–Trinajstić information content (AvgIpc) is 2.74. The molecule has 1 aromatic heterocycles. The largest absolute Gasteiger partial charge is 0.488 e. The Morgan fingerprint density at radius 2 is 1.77 bits per heavy atom. The fourth-order valence-electron chi connectivity index (χ4n) is 4.32. The number of nitrogens with zero attached hydrogens (tertiary/aromatic N) is 2. The highest BCUT2D eigenvalue weighted by atomic mass is 16.4. The molecule has 0 bridgehead atoms. The van der Waals surface area contributed by atoms with E-state index in [1.54, 1.807) is 6.07 Å². The smallest absolute Gasteiger partial charge is 0.423 e. The second-order valence-corrected chi connectivity index (χ2v) is 8.32. The van der Waals surface area contributed by atoms with Crippen LogP contribution < -0.4 is 15.3 Å². The number of aromatic nitrogens is 1. The molecule has 6 heteroatoms. The van der Waals surface area contributed by atoms with Crippen LogP contribution in [0.2, 0.25) is 0 Å². The summed E-state index contributed by atoms with van der Waals surface area (Å²) in [6.07, 6.45) is 2.19. The van der Waals surface area contributed by atoms with Crippen molar-refractivity contribution in [2.75, 3.05) is 21.1 Å². The Hall–Kier alpha value is -2.77. The summed E-state index contributed by atoms with van der Waals surface area (Å²) in [5.41, 5.74) is 5.01. The maximum absolute atomic E-state index is 9.93. The van der Waals surface area contributed by atoms with Crippen LogP contribution in [0.4, 0.5) is 0 Å². The number of rotatable bonds is 7. The standard InChI is InChI=1S/C25H29BN3O2/c1-27-14-18-11-12-25-22(13-18)21-9-5-4-7-19(21)15-29(25)16-20-8-6-10-24(26(30)31)23(20)17-28(2)3/h4-13,15,27,30-31H,14,16-17H2,1-3H3/q+1. The Labute approximate surface area is 183 Å². The van der Waals surface area contributed by atoms with Gasteiger partial charge in [0.25, 0.3) is 0 Å². The minimum absolute atomic E-state index is 0.563. The molecular formula is C25H29BN3O2+. The molecule has 5 nitrogen and oxygen atoms in total. The molecule has 0 aliphatic heterocycles. The molecule has 0 atom stereocenters. The molecule has 0 amide bonds. The molecule has 0 saturated heterocycles. The second-order valence-electron chi connectivity index (χ2n) is 8.32. The van der Waals surface area contributed by atoms with E-state index in [2.05, 4.69) is 69.5 Å². The maximum Gasteiger partial charge on any atom is 0.488 e. The fraction of sp³-hybridized carbons (Fsp3) is 0.240. The van der Waals surface area contributed by atoms with Crippen molar-refractivity contribution < 1.29 is 14.6 Å². The average molecular weight is 414 g/mol. The molecular weight excluding hydrogens is 385 g/mol. The van der Waals surface area contributed by atoms with E-state index in [4.69, 9.17) is 0 Å². The van der Waals surface area contributed by atoms with Gasteiger partial charge < -0.3 is 20.3 Å². The molecule has 1 heterocycles. The maximum atomic E-state index is 9.93. The fourth-order valence-corrected chi connectivity index (χ4v) is 4.32.